The molecular weight excluding hydrogens is 238 g/mol. The third-order valence-corrected chi connectivity index (χ3v) is 3.42. The van der Waals surface area contributed by atoms with Crippen LogP contribution in [0.15, 0.2) is 0 Å². The van der Waals surface area contributed by atoms with Gasteiger partial charge in [-0.05, 0) is 18.8 Å². The maximum atomic E-state index is 3.56. The molecule has 1 saturated carbocycles. The molecule has 0 heterocycles. The van der Waals surface area contributed by atoms with Crippen molar-refractivity contribution >= 4 is 15.9 Å². The average molecular weight is 262 g/mol. The molecular formula is C12H24BrN. The molecule has 0 amide bonds. The molecule has 0 N–H and O–H groups in total. The Labute approximate surface area is 97.4 Å². The van der Waals surface area contributed by atoms with Crippen molar-refractivity contribution in [1.82, 2.24) is 4.90 Å². The van der Waals surface area contributed by atoms with Gasteiger partial charge in [-0.25, -0.2) is 0 Å². The first-order valence-electron chi connectivity index (χ1n) is 6.04. The third-order valence-electron chi connectivity index (χ3n) is 3.06. The van der Waals surface area contributed by atoms with Gasteiger partial charge in [-0.15, -0.1) is 0 Å². The normalized spacial score (nSPS) is 19.5. The predicted octanol–water partition coefficient (Wildman–Crippen LogP) is 3.67. The van der Waals surface area contributed by atoms with Gasteiger partial charge in [0.25, 0.3) is 0 Å². The minimum Gasteiger partial charge on any atom is -0.299 e. The Bertz CT molecular complexity index is 141. The highest BCUT2D eigenvalue weighted by Crippen LogP contribution is 2.23. The fourth-order valence-corrected chi connectivity index (χ4v) is 2.90. The van der Waals surface area contributed by atoms with E-state index in [4.69, 9.17) is 0 Å². The first kappa shape index (κ1) is 12.5. The molecule has 84 valence electrons. The molecule has 0 aromatic carbocycles. The Kier molecular flexibility index (Phi) is 6.11. The van der Waals surface area contributed by atoms with Crippen LogP contribution in [0.4, 0.5) is 0 Å². The Morgan fingerprint density at radius 2 is 1.86 bits per heavy atom. The summed E-state index contributed by atoms with van der Waals surface area (Å²) in [7, 11) is 0. The zero-order valence-corrected chi connectivity index (χ0v) is 11.2. The van der Waals surface area contributed by atoms with Crippen molar-refractivity contribution in [2.45, 2.75) is 52.0 Å². The Hall–Kier alpha value is 0.440. The topological polar surface area (TPSA) is 3.24 Å². The summed E-state index contributed by atoms with van der Waals surface area (Å²) in [5, 5.41) is 1.12. The van der Waals surface area contributed by atoms with Gasteiger partial charge in [-0.1, -0.05) is 49.0 Å². The van der Waals surface area contributed by atoms with Gasteiger partial charge >= 0.3 is 0 Å². The summed E-state index contributed by atoms with van der Waals surface area (Å²) in [4.78, 5) is 2.69. The lowest BCUT2D eigenvalue weighted by molar-refractivity contribution is 0.149. The molecule has 0 unspecified atom stereocenters. The fourth-order valence-electron chi connectivity index (χ4n) is 2.45. The molecule has 0 bridgehead atoms. The summed E-state index contributed by atoms with van der Waals surface area (Å²) in [6.45, 7) is 7.15. The number of halogens is 1. The highest BCUT2D eigenvalue weighted by molar-refractivity contribution is 9.09. The van der Waals surface area contributed by atoms with E-state index in [1.54, 1.807) is 0 Å². The molecule has 1 aliphatic carbocycles. The van der Waals surface area contributed by atoms with Crippen LogP contribution in [0, 0.1) is 5.92 Å². The van der Waals surface area contributed by atoms with Crippen LogP contribution in [0.5, 0.6) is 0 Å². The monoisotopic (exact) mass is 261 g/mol. The lowest BCUT2D eigenvalue weighted by Crippen LogP contribution is -2.40. The average Bonchev–Trinajstić information content (AvgIpc) is 2.18. The summed E-state index contributed by atoms with van der Waals surface area (Å²) in [6, 6.07) is 0.878. The van der Waals surface area contributed by atoms with E-state index in [1.165, 1.54) is 45.2 Å². The van der Waals surface area contributed by atoms with Gasteiger partial charge in [0, 0.05) is 24.5 Å². The van der Waals surface area contributed by atoms with Gasteiger partial charge in [0.05, 0.1) is 0 Å². The van der Waals surface area contributed by atoms with E-state index in [2.05, 4.69) is 34.7 Å². The molecule has 0 aromatic heterocycles. The first-order valence-corrected chi connectivity index (χ1v) is 7.16. The van der Waals surface area contributed by atoms with Gasteiger partial charge in [-0.2, -0.15) is 0 Å². The van der Waals surface area contributed by atoms with Crippen molar-refractivity contribution in [3.05, 3.63) is 0 Å². The molecule has 0 atom stereocenters. The predicted molar refractivity (Wildman–Crippen MR) is 67.1 cm³/mol. The van der Waals surface area contributed by atoms with Gasteiger partial charge in [0.15, 0.2) is 0 Å². The van der Waals surface area contributed by atoms with Crippen LogP contribution in [0.25, 0.3) is 0 Å². The minimum atomic E-state index is 0.802. The van der Waals surface area contributed by atoms with E-state index in [0.717, 1.165) is 17.3 Å². The first-order chi connectivity index (χ1) is 6.74. The van der Waals surface area contributed by atoms with Gasteiger partial charge in [-0.3, -0.25) is 4.90 Å². The van der Waals surface area contributed by atoms with Crippen LogP contribution in [-0.2, 0) is 0 Å². The Morgan fingerprint density at radius 1 is 1.21 bits per heavy atom. The number of rotatable bonds is 5. The zero-order valence-electron chi connectivity index (χ0n) is 9.64. The Morgan fingerprint density at radius 3 is 2.36 bits per heavy atom. The number of alkyl halides is 1. The molecule has 0 radical (unpaired) electrons. The molecule has 0 aromatic rings. The fraction of sp³-hybridized carbons (Fsp3) is 1.00. The minimum absolute atomic E-state index is 0.802. The van der Waals surface area contributed by atoms with Crippen LogP contribution < -0.4 is 0 Å². The van der Waals surface area contributed by atoms with E-state index in [9.17, 15) is 0 Å². The van der Waals surface area contributed by atoms with E-state index in [0.29, 0.717) is 0 Å². The van der Waals surface area contributed by atoms with Crippen molar-refractivity contribution < 1.29 is 0 Å². The van der Waals surface area contributed by atoms with Crippen LogP contribution >= 0.6 is 15.9 Å². The lowest BCUT2D eigenvalue weighted by Gasteiger charge is -2.35. The lowest BCUT2D eigenvalue weighted by atomic mass is 9.93. The highest BCUT2D eigenvalue weighted by atomic mass is 79.9. The van der Waals surface area contributed by atoms with Crippen molar-refractivity contribution in [3.8, 4) is 0 Å². The number of hydrogen-bond donors (Lipinski definition) is 0. The maximum absolute atomic E-state index is 3.56. The second kappa shape index (κ2) is 6.84. The zero-order chi connectivity index (χ0) is 10.4. The van der Waals surface area contributed by atoms with E-state index in [-0.39, 0.29) is 0 Å². The summed E-state index contributed by atoms with van der Waals surface area (Å²) in [5.41, 5.74) is 0. The van der Waals surface area contributed by atoms with Crippen molar-refractivity contribution in [2.75, 3.05) is 18.4 Å². The standard InChI is InChI=1S/C12H24BrN/c1-11(2)10-14(9-8-13)12-6-4-3-5-7-12/h11-12H,3-10H2,1-2H3. The molecule has 1 rings (SSSR count). The highest BCUT2D eigenvalue weighted by Gasteiger charge is 2.20. The third kappa shape index (κ3) is 4.31. The van der Waals surface area contributed by atoms with Gasteiger partial charge < -0.3 is 0 Å². The smallest absolute Gasteiger partial charge is 0.0159 e. The van der Waals surface area contributed by atoms with Crippen LogP contribution in [0.3, 0.4) is 0 Å². The maximum Gasteiger partial charge on any atom is 0.0159 e. The molecule has 1 fully saturated rings. The second-order valence-electron chi connectivity index (χ2n) is 4.87. The SMILES string of the molecule is CC(C)CN(CCBr)C1CCCCC1. The summed E-state index contributed by atoms with van der Waals surface area (Å²) in [5.74, 6) is 0.802. The van der Waals surface area contributed by atoms with Crippen molar-refractivity contribution in [1.29, 1.82) is 0 Å². The molecule has 1 nitrogen and oxygen atoms in total. The molecule has 0 aliphatic heterocycles. The Balaban J connectivity index is 2.38. The van der Waals surface area contributed by atoms with Crippen LogP contribution in [-0.4, -0.2) is 29.4 Å². The molecule has 1 aliphatic rings. The molecule has 0 spiro atoms. The second-order valence-corrected chi connectivity index (χ2v) is 5.66. The summed E-state index contributed by atoms with van der Waals surface area (Å²) >= 11 is 3.56. The van der Waals surface area contributed by atoms with Gasteiger partial charge in [0.2, 0.25) is 0 Å². The number of nitrogens with zero attached hydrogens (tertiary/aromatic N) is 1. The number of hydrogen-bond acceptors (Lipinski definition) is 1. The van der Waals surface area contributed by atoms with E-state index >= 15 is 0 Å². The molecule has 2 heteroatoms. The summed E-state index contributed by atoms with van der Waals surface area (Å²) in [6.07, 6.45) is 7.21. The van der Waals surface area contributed by atoms with E-state index < -0.39 is 0 Å². The quantitative estimate of drug-likeness (QED) is 0.683. The van der Waals surface area contributed by atoms with E-state index in [1.807, 2.05) is 0 Å². The largest absolute Gasteiger partial charge is 0.299 e. The van der Waals surface area contributed by atoms with Crippen molar-refractivity contribution in [3.63, 3.8) is 0 Å². The molecule has 0 saturated heterocycles. The van der Waals surface area contributed by atoms with Crippen molar-refractivity contribution in [2.24, 2.45) is 5.92 Å². The van der Waals surface area contributed by atoms with Crippen LogP contribution in [0.2, 0.25) is 0 Å². The molecule has 14 heavy (non-hydrogen) atoms. The summed E-state index contributed by atoms with van der Waals surface area (Å²) < 4.78 is 0. The van der Waals surface area contributed by atoms with Crippen LogP contribution in [0.1, 0.15) is 46.0 Å². The van der Waals surface area contributed by atoms with Gasteiger partial charge in [0.1, 0.15) is 0 Å².